The van der Waals surface area contributed by atoms with Crippen molar-refractivity contribution in [3.8, 4) is 0 Å². The van der Waals surface area contributed by atoms with Crippen molar-refractivity contribution in [3.05, 3.63) is 0 Å². The normalized spacial score (nSPS) is 3.00. The zero-order chi connectivity index (χ0) is 2.71. The fraction of sp³-hybridized carbons (Fsp3) is 1.00. The van der Waals surface area contributed by atoms with E-state index < -0.39 is 0 Å². The molecule has 0 saturated carbocycles. The Balaban J connectivity index is -0.00000000667. The molecule has 0 N–H and O–H groups in total. The molecule has 0 aromatic heterocycles. The van der Waals surface area contributed by atoms with Crippen molar-refractivity contribution >= 4 is 46.3 Å². The summed E-state index contributed by atoms with van der Waals surface area (Å²) in [5.74, 6) is 0. The Morgan fingerprint density at radius 3 is 1.00 bits per heavy atom. The molecule has 0 rings (SSSR count). The summed E-state index contributed by atoms with van der Waals surface area (Å²) in [4.78, 5) is 0. The average Bonchev–Trinajstić information content (AvgIpc) is 0.918. The van der Waals surface area contributed by atoms with Gasteiger partial charge in [0.15, 0.2) is 0 Å². The smallest absolute Gasteiger partial charge is 1.00 e. The Morgan fingerprint density at radius 2 is 1.00 bits per heavy atom. The Morgan fingerprint density at radius 1 is 1.00 bits per heavy atom. The molecular weight excluding hydrogens is 178 g/mol. The zero-order valence-electron chi connectivity index (χ0n) is 2.93. The van der Waals surface area contributed by atoms with Crippen LogP contribution in [-0.4, -0.2) is 28.4 Å². The molecule has 0 aromatic rings. The minimum absolute atomic E-state index is 0. The van der Waals surface area contributed by atoms with Gasteiger partial charge >= 0.3 is 23.1 Å². The van der Waals surface area contributed by atoms with E-state index in [2.05, 4.69) is 0 Å². The predicted octanol–water partition coefficient (Wildman–Crippen LogP) is -4.95. The van der Waals surface area contributed by atoms with Gasteiger partial charge in [-0.3, -0.25) is 0 Å². The molecule has 0 fully saturated rings. The van der Waals surface area contributed by atoms with Crippen LogP contribution in [0.25, 0.3) is 0 Å². The minimum atomic E-state index is 0. The molecule has 0 amide bonds. The maximum Gasteiger partial charge on any atom is 2.00 e. The maximum atomic E-state index is 4.76. The molecule has 0 atom stereocenters. The van der Waals surface area contributed by atoms with Gasteiger partial charge in [-0.1, -0.05) is 0 Å². The van der Waals surface area contributed by atoms with Crippen LogP contribution >= 0.6 is 23.2 Å². The third-order valence-electron chi connectivity index (χ3n) is 0. The van der Waals surface area contributed by atoms with Crippen LogP contribution < -0.4 is 24.8 Å². The van der Waals surface area contributed by atoms with Gasteiger partial charge in [0.2, 0.25) is 0 Å². The molecule has 0 spiro atoms. The van der Waals surface area contributed by atoms with E-state index in [1.165, 1.54) is 0 Å². The van der Waals surface area contributed by atoms with Crippen LogP contribution in [-0.2, 0) is 0 Å². The first-order valence-corrected chi connectivity index (χ1v) is 1.60. The van der Waals surface area contributed by atoms with Crippen LogP contribution in [0.3, 0.4) is 0 Å². The topological polar surface area (TPSA) is 0 Å². The molecule has 0 saturated heterocycles. The van der Waals surface area contributed by atoms with E-state index in [4.69, 9.17) is 23.2 Å². The molecule has 6 heavy (non-hydrogen) atoms. The Labute approximate surface area is 75.9 Å². The molecule has 0 heterocycles. The Bertz CT molecular complexity index is 7.51. The SMILES string of the molecule is ClCCl.[Cl-].[Cl-].[Mg+2]. The average molecular weight is 180 g/mol. The summed E-state index contributed by atoms with van der Waals surface area (Å²) in [6, 6.07) is 0. The molecule has 0 bridgehead atoms. The number of hydrogen-bond donors (Lipinski definition) is 0. The van der Waals surface area contributed by atoms with Crippen LogP contribution in [0.15, 0.2) is 0 Å². The van der Waals surface area contributed by atoms with Crippen molar-refractivity contribution in [2.24, 2.45) is 0 Å². The fourth-order valence-electron chi connectivity index (χ4n) is 0. The Hall–Kier alpha value is 1.93. The van der Waals surface area contributed by atoms with E-state index >= 15 is 0 Å². The van der Waals surface area contributed by atoms with E-state index in [1.807, 2.05) is 0 Å². The summed E-state index contributed by atoms with van der Waals surface area (Å²) in [7, 11) is 0. The van der Waals surface area contributed by atoms with Crippen molar-refractivity contribution in [1.29, 1.82) is 0 Å². The molecule has 0 aromatic carbocycles. The van der Waals surface area contributed by atoms with Gasteiger partial charge in [-0.25, -0.2) is 0 Å². The quantitative estimate of drug-likeness (QED) is 0.259. The fourth-order valence-corrected chi connectivity index (χ4v) is 0. The molecule has 0 aliphatic carbocycles. The molecule has 0 radical (unpaired) electrons. The van der Waals surface area contributed by atoms with Gasteiger partial charge in [-0.05, 0) is 0 Å². The second kappa shape index (κ2) is 28.4. The van der Waals surface area contributed by atoms with E-state index in [9.17, 15) is 0 Å². The monoisotopic (exact) mass is 178 g/mol. The second-order valence-corrected chi connectivity index (χ2v) is 0.909. The maximum absolute atomic E-state index is 4.76. The first kappa shape index (κ1) is 24.7. The van der Waals surface area contributed by atoms with Gasteiger partial charge in [-0.2, -0.15) is 0 Å². The van der Waals surface area contributed by atoms with Gasteiger partial charge in [0, 0.05) is 0 Å². The summed E-state index contributed by atoms with van der Waals surface area (Å²) in [5.41, 5.74) is 0. The van der Waals surface area contributed by atoms with Crippen LogP contribution in [0.1, 0.15) is 0 Å². The van der Waals surface area contributed by atoms with E-state index in [1.54, 1.807) is 0 Å². The van der Waals surface area contributed by atoms with Crippen LogP contribution in [0.5, 0.6) is 0 Å². The summed E-state index contributed by atoms with van der Waals surface area (Å²) < 4.78 is 0. The third kappa shape index (κ3) is 38.8. The number of rotatable bonds is 0. The van der Waals surface area contributed by atoms with Gasteiger partial charge < -0.3 is 24.8 Å². The van der Waals surface area contributed by atoms with Crippen molar-refractivity contribution in [1.82, 2.24) is 0 Å². The standard InChI is InChI=1S/CH2Cl2.2ClH.Mg/c2-1-3;;;/h1H2;2*1H;/q;;;+2/p-2. The van der Waals surface area contributed by atoms with Crippen molar-refractivity contribution < 1.29 is 24.8 Å². The molecule has 0 aliphatic heterocycles. The summed E-state index contributed by atoms with van der Waals surface area (Å²) in [6.07, 6.45) is 0. The van der Waals surface area contributed by atoms with Crippen LogP contribution in [0.4, 0.5) is 0 Å². The van der Waals surface area contributed by atoms with Crippen molar-refractivity contribution in [3.63, 3.8) is 0 Å². The summed E-state index contributed by atoms with van der Waals surface area (Å²) in [5, 5.41) is 0.194. The largest absolute Gasteiger partial charge is 2.00 e. The van der Waals surface area contributed by atoms with Crippen LogP contribution in [0, 0.1) is 0 Å². The first-order chi connectivity index (χ1) is 1.41. The minimum Gasteiger partial charge on any atom is -1.00 e. The second-order valence-electron chi connectivity index (χ2n) is 0.101. The molecule has 0 nitrogen and oxygen atoms in total. The van der Waals surface area contributed by atoms with Crippen molar-refractivity contribution in [2.75, 3.05) is 5.34 Å². The summed E-state index contributed by atoms with van der Waals surface area (Å²) >= 11 is 9.53. The predicted molar refractivity (Wildman–Crippen MR) is 22.3 cm³/mol. The van der Waals surface area contributed by atoms with Gasteiger partial charge in [0.05, 0.1) is 5.34 Å². The van der Waals surface area contributed by atoms with E-state index in [-0.39, 0.29) is 53.2 Å². The third-order valence-corrected chi connectivity index (χ3v) is 0. The molecule has 36 valence electrons. The number of halogens is 4. The first-order valence-electron chi connectivity index (χ1n) is 0.535. The van der Waals surface area contributed by atoms with Crippen LogP contribution in [0.2, 0.25) is 0 Å². The molecule has 0 unspecified atom stereocenters. The molecular formula is CH2Cl4Mg. The zero-order valence-corrected chi connectivity index (χ0v) is 7.36. The van der Waals surface area contributed by atoms with Crippen molar-refractivity contribution in [2.45, 2.75) is 0 Å². The van der Waals surface area contributed by atoms with E-state index in [0.717, 1.165) is 0 Å². The Kier molecular flexibility index (Phi) is 117. The number of hydrogen-bond acceptors (Lipinski definition) is 0. The molecule has 5 heteroatoms. The summed E-state index contributed by atoms with van der Waals surface area (Å²) in [6.45, 7) is 0. The molecule has 0 aliphatic rings. The van der Waals surface area contributed by atoms with Gasteiger partial charge in [0.1, 0.15) is 0 Å². The van der Waals surface area contributed by atoms with E-state index in [0.29, 0.717) is 0 Å². The van der Waals surface area contributed by atoms with Gasteiger partial charge in [0.25, 0.3) is 0 Å². The number of alkyl halides is 2. The van der Waals surface area contributed by atoms with Gasteiger partial charge in [-0.15, -0.1) is 23.2 Å².